The van der Waals surface area contributed by atoms with Crippen molar-refractivity contribution >= 4 is 5.97 Å². The van der Waals surface area contributed by atoms with Crippen LogP contribution in [0.25, 0.3) is 0 Å². The molecule has 0 aromatic carbocycles. The van der Waals surface area contributed by atoms with Gasteiger partial charge in [-0.2, -0.15) is 0 Å². The molecule has 1 saturated heterocycles. The Balaban J connectivity index is 2.38. The molecular formula is C9H17NO3. The van der Waals surface area contributed by atoms with Crippen molar-refractivity contribution in [1.29, 1.82) is 0 Å². The molecule has 0 unspecified atom stereocenters. The maximum Gasteiger partial charge on any atom is 0.323 e. The highest BCUT2D eigenvalue weighted by Gasteiger charge is 2.33. The third kappa shape index (κ3) is 2.97. The molecule has 0 amide bonds. The molecule has 0 saturated carbocycles. The molecule has 1 rings (SSSR count). The fourth-order valence-corrected chi connectivity index (χ4v) is 1.02. The van der Waals surface area contributed by atoms with Crippen LogP contribution in [0.1, 0.15) is 20.8 Å². The van der Waals surface area contributed by atoms with Crippen LogP contribution in [-0.4, -0.2) is 30.8 Å². The lowest BCUT2D eigenvalue weighted by molar-refractivity contribution is -0.163. The lowest BCUT2D eigenvalue weighted by Gasteiger charge is -2.31. The monoisotopic (exact) mass is 187 g/mol. The minimum absolute atomic E-state index is 0.134. The molecule has 1 atom stereocenters. The lowest BCUT2D eigenvalue weighted by Crippen LogP contribution is -2.49. The number of nitrogens with two attached hydrogens (primary N) is 1. The van der Waals surface area contributed by atoms with Gasteiger partial charge in [-0.1, -0.05) is 0 Å². The Morgan fingerprint density at radius 1 is 1.54 bits per heavy atom. The molecule has 4 heteroatoms. The number of esters is 1. The molecular weight excluding hydrogens is 170 g/mol. The van der Waals surface area contributed by atoms with Crippen molar-refractivity contribution in [3.63, 3.8) is 0 Å². The summed E-state index contributed by atoms with van der Waals surface area (Å²) in [6.45, 7) is 6.62. The molecule has 0 bridgehead atoms. The van der Waals surface area contributed by atoms with Crippen molar-refractivity contribution in [2.24, 2.45) is 11.7 Å². The van der Waals surface area contributed by atoms with Gasteiger partial charge in [0.15, 0.2) is 0 Å². The predicted molar refractivity (Wildman–Crippen MR) is 48.1 cm³/mol. The molecule has 1 aliphatic heterocycles. The molecule has 0 aromatic rings. The molecule has 1 fully saturated rings. The van der Waals surface area contributed by atoms with Crippen molar-refractivity contribution in [3.05, 3.63) is 0 Å². The fourth-order valence-electron chi connectivity index (χ4n) is 1.02. The van der Waals surface area contributed by atoms with E-state index in [-0.39, 0.29) is 11.9 Å². The molecule has 1 aliphatic rings. The van der Waals surface area contributed by atoms with Gasteiger partial charge in [0.25, 0.3) is 0 Å². The van der Waals surface area contributed by atoms with E-state index in [1.807, 2.05) is 20.8 Å². The third-order valence-corrected chi connectivity index (χ3v) is 1.85. The van der Waals surface area contributed by atoms with Gasteiger partial charge in [0, 0.05) is 5.92 Å². The van der Waals surface area contributed by atoms with Gasteiger partial charge in [0.05, 0.1) is 13.2 Å². The number of hydrogen-bond donors (Lipinski definition) is 1. The Bertz CT molecular complexity index is 194. The topological polar surface area (TPSA) is 61.5 Å². The summed E-state index contributed by atoms with van der Waals surface area (Å²) in [5, 5.41) is 0. The van der Waals surface area contributed by atoms with Crippen LogP contribution in [0.3, 0.4) is 0 Å². The van der Waals surface area contributed by atoms with Gasteiger partial charge in [-0.3, -0.25) is 4.79 Å². The highest BCUT2D eigenvalue weighted by Crippen LogP contribution is 2.16. The summed E-state index contributed by atoms with van der Waals surface area (Å²) >= 11 is 0. The number of carbonyl (C=O) groups is 1. The third-order valence-electron chi connectivity index (χ3n) is 1.85. The van der Waals surface area contributed by atoms with Gasteiger partial charge in [-0.15, -0.1) is 0 Å². The summed E-state index contributed by atoms with van der Waals surface area (Å²) in [5.74, 6) is -0.198. The first-order valence-electron chi connectivity index (χ1n) is 4.46. The largest absolute Gasteiger partial charge is 0.459 e. The Hall–Kier alpha value is -0.610. The first kappa shape index (κ1) is 10.5. The van der Waals surface area contributed by atoms with E-state index < -0.39 is 11.6 Å². The van der Waals surface area contributed by atoms with E-state index in [1.54, 1.807) is 0 Å². The molecule has 13 heavy (non-hydrogen) atoms. The van der Waals surface area contributed by atoms with E-state index in [4.69, 9.17) is 15.2 Å². The summed E-state index contributed by atoms with van der Waals surface area (Å²) in [6, 6.07) is -0.534. The van der Waals surface area contributed by atoms with Crippen LogP contribution < -0.4 is 5.73 Å². The first-order valence-corrected chi connectivity index (χ1v) is 4.46. The van der Waals surface area contributed by atoms with Crippen molar-refractivity contribution in [3.8, 4) is 0 Å². The molecule has 76 valence electrons. The maximum atomic E-state index is 11.4. The molecule has 0 spiro atoms. The predicted octanol–water partition coefficient (Wildman–Crippen LogP) is 0.302. The van der Waals surface area contributed by atoms with E-state index >= 15 is 0 Å². The van der Waals surface area contributed by atoms with Crippen LogP contribution >= 0.6 is 0 Å². The average molecular weight is 187 g/mol. The Morgan fingerprint density at radius 2 is 2.08 bits per heavy atom. The van der Waals surface area contributed by atoms with Gasteiger partial charge in [-0.25, -0.2) is 0 Å². The zero-order valence-corrected chi connectivity index (χ0v) is 8.37. The Morgan fingerprint density at radius 3 is 2.38 bits per heavy atom. The second-order valence-corrected chi connectivity index (χ2v) is 4.36. The van der Waals surface area contributed by atoms with Crippen LogP contribution in [0.4, 0.5) is 0 Å². The van der Waals surface area contributed by atoms with Gasteiger partial charge in [0.2, 0.25) is 0 Å². The summed E-state index contributed by atoms with van der Waals surface area (Å²) in [6.07, 6.45) is 0. The minimum atomic E-state index is -0.534. The summed E-state index contributed by atoms with van der Waals surface area (Å²) in [4.78, 5) is 11.4. The van der Waals surface area contributed by atoms with E-state index in [9.17, 15) is 4.79 Å². The quantitative estimate of drug-likeness (QED) is 0.632. The van der Waals surface area contributed by atoms with Gasteiger partial charge >= 0.3 is 5.97 Å². The molecule has 1 heterocycles. The van der Waals surface area contributed by atoms with Crippen molar-refractivity contribution in [2.75, 3.05) is 13.2 Å². The van der Waals surface area contributed by atoms with Gasteiger partial charge in [0.1, 0.15) is 11.6 Å². The van der Waals surface area contributed by atoms with Crippen LogP contribution in [-0.2, 0) is 14.3 Å². The van der Waals surface area contributed by atoms with E-state index in [0.717, 1.165) is 0 Å². The fraction of sp³-hybridized carbons (Fsp3) is 0.889. The van der Waals surface area contributed by atoms with E-state index in [2.05, 4.69) is 0 Å². The van der Waals surface area contributed by atoms with Crippen LogP contribution in [0.5, 0.6) is 0 Å². The second-order valence-electron chi connectivity index (χ2n) is 4.36. The van der Waals surface area contributed by atoms with Gasteiger partial charge in [-0.05, 0) is 20.8 Å². The molecule has 0 aromatic heterocycles. The molecule has 0 aliphatic carbocycles. The zero-order chi connectivity index (χ0) is 10.1. The number of carbonyl (C=O) groups excluding carboxylic acids is 1. The number of ether oxygens (including phenoxy) is 2. The SMILES string of the molecule is CC(C)(C)OC(=O)[C@@H](N)C1COC1. The Labute approximate surface area is 78.4 Å². The standard InChI is InChI=1S/C9H17NO3/c1-9(2,3)13-8(11)7(10)6-4-12-5-6/h6-7H,4-5,10H2,1-3H3/t7-/m0/s1. The molecule has 0 radical (unpaired) electrons. The van der Waals surface area contributed by atoms with Crippen LogP contribution in [0, 0.1) is 5.92 Å². The number of rotatable bonds is 2. The molecule has 2 N–H and O–H groups in total. The normalized spacial score (nSPS) is 20.6. The lowest BCUT2D eigenvalue weighted by atomic mass is 9.99. The zero-order valence-electron chi connectivity index (χ0n) is 8.37. The van der Waals surface area contributed by atoms with Crippen molar-refractivity contribution in [1.82, 2.24) is 0 Å². The smallest absolute Gasteiger partial charge is 0.323 e. The van der Waals surface area contributed by atoms with E-state index in [0.29, 0.717) is 13.2 Å². The first-order chi connectivity index (χ1) is 5.90. The molecule has 4 nitrogen and oxygen atoms in total. The highest BCUT2D eigenvalue weighted by molar-refractivity contribution is 5.76. The Kier molecular flexibility index (Phi) is 2.93. The maximum absolute atomic E-state index is 11.4. The van der Waals surface area contributed by atoms with Crippen molar-refractivity contribution < 1.29 is 14.3 Å². The van der Waals surface area contributed by atoms with E-state index in [1.165, 1.54) is 0 Å². The minimum Gasteiger partial charge on any atom is -0.459 e. The summed E-state index contributed by atoms with van der Waals surface area (Å²) < 4.78 is 10.1. The van der Waals surface area contributed by atoms with Crippen LogP contribution in [0.2, 0.25) is 0 Å². The highest BCUT2D eigenvalue weighted by atomic mass is 16.6. The van der Waals surface area contributed by atoms with Gasteiger partial charge < -0.3 is 15.2 Å². The summed E-state index contributed by atoms with van der Waals surface area (Å²) in [5.41, 5.74) is 5.22. The van der Waals surface area contributed by atoms with Crippen LogP contribution in [0.15, 0.2) is 0 Å². The summed E-state index contributed by atoms with van der Waals surface area (Å²) in [7, 11) is 0. The second kappa shape index (κ2) is 3.64. The number of hydrogen-bond acceptors (Lipinski definition) is 4. The average Bonchev–Trinajstić information content (AvgIpc) is 1.78. The van der Waals surface area contributed by atoms with Crippen molar-refractivity contribution in [2.45, 2.75) is 32.4 Å².